The summed E-state index contributed by atoms with van der Waals surface area (Å²) >= 11 is 0. The van der Waals surface area contributed by atoms with Gasteiger partial charge in [-0.25, -0.2) is 4.79 Å². The van der Waals surface area contributed by atoms with Gasteiger partial charge in [0.1, 0.15) is 6.04 Å². The number of aliphatic carboxylic acids is 1. The molecule has 1 aliphatic rings. The Morgan fingerprint density at radius 3 is 2.53 bits per heavy atom. The molecular formula is C12H13NO4. The van der Waals surface area contributed by atoms with Crippen LogP contribution in [-0.4, -0.2) is 28.2 Å². The van der Waals surface area contributed by atoms with E-state index in [-0.39, 0.29) is 17.4 Å². The zero-order valence-corrected chi connectivity index (χ0v) is 9.04. The van der Waals surface area contributed by atoms with Gasteiger partial charge in [-0.1, -0.05) is 18.2 Å². The van der Waals surface area contributed by atoms with E-state index in [2.05, 4.69) is 0 Å². The summed E-state index contributed by atoms with van der Waals surface area (Å²) in [7, 11) is 0. The Labute approximate surface area is 97.9 Å². The zero-order chi connectivity index (χ0) is 12.6. The Morgan fingerprint density at radius 2 is 1.94 bits per heavy atom. The normalized spacial score (nSPS) is 24.1. The van der Waals surface area contributed by atoms with Crippen molar-refractivity contribution in [3.8, 4) is 0 Å². The van der Waals surface area contributed by atoms with Crippen molar-refractivity contribution in [2.75, 3.05) is 0 Å². The summed E-state index contributed by atoms with van der Waals surface area (Å²) in [5, 5.41) is 17.8. The molecule has 1 fully saturated rings. The number of hydrogen-bond acceptors (Lipinski definition) is 3. The van der Waals surface area contributed by atoms with Gasteiger partial charge in [-0.15, -0.1) is 0 Å². The van der Waals surface area contributed by atoms with Crippen LogP contribution in [0.4, 0.5) is 0 Å². The molecule has 5 heteroatoms. The zero-order valence-electron chi connectivity index (χ0n) is 9.04. The van der Waals surface area contributed by atoms with Crippen molar-refractivity contribution in [2.45, 2.75) is 18.4 Å². The largest absolute Gasteiger partial charge is 0.480 e. The van der Waals surface area contributed by atoms with Crippen molar-refractivity contribution in [3.05, 3.63) is 35.4 Å². The van der Waals surface area contributed by atoms with E-state index in [1.807, 2.05) is 0 Å². The summed E-state index contributed by atoms with van der Waals surface area (Å²) in [6.07, 6.45) is 0.637. The Bertz CT molecular complexity index is 471. The number of carboxylic acid groups (broad SMARTS) is 2. The number of benzene rings is 1. The highest BCUT2D eigenvalue weighted by Gasteiger charge is 2.46. The average molecular weight is 235 g/mol. The first-order valence-corrected chi connectivity index (χ1v) is 5.33. The van der Waals surface area contributed by atoms with E-state index in [0.717, 1.165) is 0 Å². The van der Waals surface area contributed by atoms with Crippen LogP contribution in [0.15, 0.2) is 24.3 Å². The lowest BCUT2D eigenvalue weighted by Gasteiger charge is -2.07. The smallest absolute Gasteiger partial charge is 0.335 e. The third kappa shape index (κ3) is 2.14. The van der Waals surface area contributed by atoms with Crippen LogP contribution >= 0.6 is 0 Å². The molecule has 1 aromatic carbocycles. The van der Waals surface area contributed by atoms with E-state index in [9.17, 15) is 9.59 Å². The average Bonchev–Trinajstić information content (AvgIpc) is 3.07. The topological polar surface area (TPSA) is 101 Å². The first kappa shape index (κ1) is 11.6. The summed E-state index contributed by atoms with van der Waals surface area (Å²) in [6.45, 7) is 0. The monoisotopic (exact) mass is 235 g/mol. The van der Waals surface area contributed by atoms with Gasteiger partial charge >= 0.3 is 11.9 Å². The summed E-state index contributed by atoms with van der Waals surface area (Å²) < 4.78 is 0. The van der Waals surface area contributed by atoms with Crippen molar-refractivity contribution in [2.24, 2.45) is 11.7 Å². The van der Waals surface area contributed by atoms with E-state index >= 15 is 0 Å². The van der Waals surface area contributed by atoms with Gasteiger partial charge in [-0.05, 0) is 29.9 Å². The summed E-state index contributed by atoms with van der Waals surface area (Å²) in [5.41, 5.74) is 6.44. The molecule has 1 aromatic rings. The van der Waals surface area contributed by atoms with E-state index in [1.165, 1.54) is 6.07 Å². The predicted molar refractivity (Wildman–Crippen MR) is 59.9 cm³/mol. The van der Waals surface area contributed by atoms with Gasteiger partial charge in [-0.3, -0.25) is 4.79 Å². The van der Waals surface area contributed by atoms with Crippen molar-refractivity contribution >= 4 is 11.9 Å². The van der Waals surface area contributed by atoms with Crippen molar-refractivity contribution in [3.63, 3.8) is 0 Å². The second-order valence-corrected chi connectivity index (χ2v) is 4.26. The molecule has 0 amide bonds. The molecule has 0 heterocycles. The number of hydrogen-bond donors (Lipinski definition) is 3. The van der Waals surface area contributed by atoms with Gasteiger partial charge in [0.2, 0.25) is 0 Å². The Kier molecular flexibility index (Phi) is 2.85. The lowest BCUT2D eigenvalue weighted by Crippen LogP contribution is -2.32. The Balaban J connectivity index is 2.21. The quantitative estimate of drug-likeness (QED) is 0.719. The summed E-state index contributed by atoms with van der Waals surface area (Å²) in [5.74, 6) is -2.23. The van der Waals surface area contributed by atoms with Gasteiger partial charge in [0, 0.05) is 0 Å². The molecule has 0 spiro atoms. The second kappa shape index (κ2) is 4.18. The number of rotatable bonds is 4. The molecule has 1 saturated carbocycles. The molecule has 90 valence electrons. The minimum absolute atomic E-state index is 0.0478. The van der Waals surface area contributed by atoms with Gasteiger partial charge in [0.05, 0.1) is 5.56 Å². The molecule has 3 unspecified atom stereocenters. The van der Waals surface area contributed by atoms with Crippen LogP contribution < -0.4 is 5.73 Å². The molecule has 3 atom stereocenters. The molecule has 1 aliphatic carbocycles. The second-order valence-electron chi connectivity index (χ2n) is 4.26. The van der Waals surface area contributed by atoms with E-state index in [0.29, 0.717) is 12.0 Å². The van der Waals surface area contributed by atoms with Crippen LogP contribution in [0.1, 0.15) is 28.3 Å². The molecule has 0 saturated heterocycles. The lowest BCUT2D eigenvalue weighted by molar-refractivity contribution is -0.139. The Hall–Kier alpha value is -1.88. The minimum atomic E-state index is -1.04. The van der Waals surface area contributed by atoms with Gasteiger partial charge < -0.3 is 15.9 Å². The van der Waals surface area contributed by atoms with Crippen LogP contribution in [0.3, 0.4) is 0 Å². The maximum atomic E-state index is 11.0. The molecule has 17 heavy (non-hydrogen) atoms. The predicted octanol–water partition coefficient (Wildman–Crippen LogP) is 0.900. The fourth-order valence-electron chi connectivity index (χ4n) is 2.17. The minimum Gasteiger partial charge on any atom is -0.480 e. The van der Waals surface area contributed by atoms with Crippen LogP contribution in [0.5, 0.6) is 0 Å². The molecule has 5 nitrogen and oxygen atoms in total. The van der Waals surface area contributed by atoms with E-state index in [1.54, 1.807) is 18.2 Å². The number of carboxylic acids is 2. The molecule has 0 radical (unpaired) electrons. The van der Waals surface area contributed by atoms with E-state index in [4.69, 9.17) is 15.9 Å². The maximum absolute atomic E-state index is 11.0. The van der Waals surface area contributed by atoms with Crippen LogP contribution in [0.25, 0.3) is 0 Å². The van der Waals surface area contributed by atoms with Gasteiger partial charge in [0.15, 0.2) is 0 Å². The van der Waals surface area contributed by atoms with Crippen LogP contribution in [-0.2, 0) is 4.79 Å². The molecule has 0 bridgehead atoms. The van der Waals surface area contributed by atoms with Crippen LogP contribution in [0.2, 0.25) is 0 Å². The summed E-state index contributed by atoms with van der Waals surface area (Å²) in [6, 6.07) is 5.74. The maximum Gasteiger partial charge on any atom is 0.335 e. The third-order valence-electron chi connectivity index (χ3n) is 3.18. The van der Waals surface area contributed by atoms with Crippen molar-refractivity contribution < 1.29 is 19.8 Å². The third-order valence-corrected chi connectivity index (χ3v) is 3.18. The highest BCUT2D eigenvalue weighted by molar-refractivity contribution is 5.90. The van der Waals surface area contributed by atoms with Crippen molar-refractivity contribution in [1.29, 1.82) is 0 Å². The highest BCUT2D eigenvalue weighted by atomic mass is 16.4. The Morgan fingerprint density at radius 1 is 1.29 bits per heavy atom. The highest BCUT2D eigenvalue weighted by Crippen LogP contribution is 2.50. The van der Waals surface area contributed by atoms with Gasteiger partial charge in [-0.2, -0.15) is 0 Å². The van der Waals surface area contributed by atoms with E-state index < -0.39 is 18.0 Å². The lowest BCUT2D eigenvalue weighted by atomic mass is 10.0. The fraction of sp³-hybridized carbons (Fsp3) is 0.333. The molecule has 0 aliphatic heterocycles. The fourth-order valence-corrected chi connectivity index (χ4v) is 2.17. The first-order valence-electron chi connectivity index (χ1n) is 5.33. The summed E-state index contributed by atoms with van der Waals surface area (Å²) in [4.78, 5) is 21.8. The number of carbonyl (C=O) groups is 2. The molecular weight excluding hydrogens is 222 g/mol. The standard InChI is InChI=1S/C12H13NO4/c13-10(12(16)17)9-5-8(9)6-3-1-2-4-7(6)11(14)15/h1-4,8-10H,5,13H2,(H,14,15)(H,16,17). The molecule has 0 aromatic heterocycles. The van der Waals surface area contributed by atoms with Crippen molar-refractivity contribution in [1.82, 2.24) is 0 Å². The number of nitrogens with two attached hydrogens (primary N) is 1. The number of aromatic carboxylic acids is 1. The van der Waals surface area contributed by atoms with Gasteiger partial charge in [0.25, 0.3) is 0 Å². The SMILES string of the molecule is NC(C(=O)O)C1CC1c1ccccc1C(=O)O. The first-order chi connectivity index (χ1) is 8.02. The molecule has 2 rings (SSSR count). The molecule has 4 N–H and O–H groups in total. The van der Waals surface area contributed by atoms with Crippen LogP contribution in [0, 0.1) is 5.92 Å².